The van der Waals surface area contributed by atoms with Gasteiger partial charge < -0.3 is 4.42 Å². The molecule has 28 heavy (non-hydrogen) atoms. The van der Waals surface area contributed by atoms with Crippen LogP contribution >= 0.6 is 34.4 Å². The zero-order chi connectivity index (χ0) is 19.7. The Kier molecular flexibility index (Phi) is 5.41. The summed E-state index contributed by atoms with van der Waals surface area (Å²) >= 11 is 3.20. The average Bonchev–Trinajstić information content (AvgIpc) is 3.24. The maximum absolute atomic E-state index is 12.7. The van der Waals surface area contributed by atoms with Gasteiger partial charge in [-0.05, 0) is 76.7 Å². The first kappa shape index (κ1) is 19.0. The van der Waals surface area contributed by atoms with Gasteiger partial charge in [0.15, 0.2) is 0 Å². The Balaban J connectivity index is 1.54. The second-order valence-corrected chi connectivity index (χ2v) is 8.64. The summed E-state index contributed by atoms with van der Waals surface area (Å²) in [6.07, 6.45) is 1.64. The van der Waals surface area contributed by atoms with E-state index in [0.717, 1.165) is 37.8 Å². The van der Waals surface area contributed by atoms with E-state index in [-0.39, 0.29) is 17.7 Å². The summed E-state index contributed by atoms with van der Waals surface area (Å²) in [6.45, 7) is 2.25. The summed E-state index contributed by atoms with van der Waals surface area (Å²) in [5.41, 5.74) is 2.98. The first-order chi connectivity index (χ1) is 13.5. The lowest BCUT2D eigenvalue weighted by atomic mass is 10.1. The Labute approximate surface area is 180 Å². The van der Waals surface area contributed by atoms with Crippen molar-refractivity contribution in [3.8, 4) is 11.3 Å². The van der Waals surface area contributed by atoms with Crippen molar-refractivity contribution in [3.05, 3.63) is 86.0 Å². The van der Waals surface area contributed by atoms with E-state index in [2.05, 4.69) is 22.6 Å². The fourth-order valence-corrected chi connectivity index (χ4v) is 4.10. The summed E-state index contributed by atoms with van der Waals surface area (Å²) in [4.78, 5) is 26.7. The molecule has 0 aliphatic carbocycles. The van der Waals surface area contributed by atoms with Gasteiger partial charge in [0, 0.05) is 15.2 Å². The summed E-state index contributed by atoms with van der Waals surface area (Å²) < 4.78 is 7.00. The topological polar surface area (TPSA) is 50.5 Å². The summed E-state index contributed by atoms with van der Waals surface area (Å²) in [5.74, 6) is 0.988. The number of hydrogen-bond donors (Lipinski definition) is 0. The Morgan fingerprint density at radius 1 is 1.04 bits per heavy atom. The molecular weight excluding hydrogens is 485 g/mol. The molecule has 0 radical (unpaired) electrons. The number of rotatable bonds is 4. The number of amides is 2. The molecule has 140 valence electrons. The maximum atomic E-state index is 12.7. The molecule has 0 N–H and O–H groups in total. The van der Waals surface area contributed by atoms with Crippen molar-refractivity contribution in [2.24, 2.45) is 0 Å². The molecule has 2 heterocycles. The summed E-state index contributed by atoms with van der Waals surface area (Å²) in [7, 11) is 0. The van der Waals surface area contributed by atoms with Crippen LogP contribution in [0.25, 0.3) is 17.4 Å². The van der Waals surface area contributed by atoms with Gasteiger partial charge in [-0.25, -0.2) is 0 Å². The molecule has 1 aliphatic rings. The van der Waals surface area contributed by atoms with Crippen LogP contribution in [0.4, 0.5) is 4.79 Å². The van der Waals surface area contributed by atoms with Crippen molar-refractivity contribution in [1.82, 2.24) is 4.90 Å². The molecule has 4 rings (SSSR count). The molecule has 0 bridgehead atoms. The number of imide groups is 1. The molecule has 1 aromatic heterocycles. The monoisotopic (exact) mass is 501 g/mol. The van der Waals surface area contributed by atoms with Crippen molar-refractivity contribution < 1.29 is 14.0 Å². The minimum absolute atomic E-state index is 0.260. The van der Waals surface area contributed by atoms with Gasteiger partial charge in [0.05, 0.1) is 11.4 Å². The van der Waals surface area contributed by atoms with Crippen molar-refractivity contribution in [3.63, 3.8) is 0 Å². The second kappa shape index (κ2) is 7.97. The molecule has 6 heteroatoms. The molecule has 0 saturated carbocycles. The Hall–Kier alpha value is -2.32. The smallest absolute Gasteiger partial charge is 0.293 e. The highest BCUT2D eigenvalue weighted by Crippen LogP contribution is 2.34. The van der Waals surface area contributed by atoms with E-state index in [0.29, 0.717) is 10.7 Å². The molecule has 2 amide bonds. The van der Waals surface area contributed by atoms with Gasteiger partial charge in [0.25, 0.3) is 11.1 Å². The number of halogens is 1. The fourth-order valence-electron chi connectivity index (χ4n) is 2.92. The minimum atomic E-state index is -0.287. The zero-order valence-corrected chi connectivity index (χ0v) is 18.0. The molecule has 3 aromatic rings. The number of carbonyl (C=O) groups is 2. The average molecular weight is 501 g/mol. The molecule has 0 atom stereocenters. The highest BCUT2D eigenvalue weighted by atomic mass is 127. The first-order valence-corrected chi connectivity index (χ1v) is 10.6. The van der Waals surface area contributed by atoms with Gasteiger partial charge in [-0.2, -0.15) is 0 Å². The lowest BCUT2D eigenvalue weighted by molar-refractivity contribution is -0.123. The predicted octanol–water partition coefficient (Wildman–Crippen LogP) is 6.10. The molecule has 0 unspecified atom stereocenters. The number of nitrogens with zero attached hydrogens (tertiary/aromatic N) is 1. The van der Waals surface area contributed by atoms with E-state index >= 15 is 0 Å². The van der Waals surface area contributed by atoms with Crippen LogP contribution in [0.15, 0.2) is 70.0 Å². The van der Waals surface area contributed by atoms with Gasteiger partial charge in [0.2, 0.25) is 0 Å². The van der Waals surface area contributed by atoms with Crippen LogP contribution in [0.3, 0.4) is 0 Å². The van der Waals surface area contributed by atoms with Crippen molar-refractivity contribution in [1.29, 1.82) is 0 Å². The van der Waals surface area contributed by atoms with Crippen molar-refractivity contribution >= 4 is 51.6 Å². The quantitative estimate of drug-likeness (QED) is 0.321. The van der Waals surface area contributed by atoms with Gasteiger partial charge in [-0.1, -0.05) is 36.4 Å². The van der Waals surface area contributed by atoms with E-state index < -0.39 is 0 Å². The molecule has 1 saturated heterocycles. The number of aryl methyl sites for hydroxylation is 1. The predicted molar refractivity (Wildman–Crippen MR) is 120 cm³/mol. The third-order valence-corrected chi connectivity index (χ3v) is 6.12. The van der Waals surface area contributed by atoms with Crippen LogP contribution in [0.5, 0.6) is 0 Å². The van der Waals surface area contributed by atoms with Gasteiger partial charge in [-0.3, -0.25) is 14.5 Å². The number of benzene rings is 2. The molecule has 4 nitrogen and oxygen atoms in total. The standard InChI is InChI=1S/C22H16INO3S/c1-14-4-2-3-5-16(14)13-24-21(25)20(28-22(24)26)12-18-10-11-19(27-18)15-6-8-17(23)9-7-15/h2-12H,13H2,1H3/b20-12-. The summed E-state index contributed by atoms with van der Waals surface area (Å²) in [5, 5.41) is -0.260. The first-order valence-electron chi connectivity index (χ1n) is 8.67. The maximum Gasteiger partial charge on any atom is 0.293 e. The van der Waals surface area contributed by atoms with Crippen LogP contribution in [0.2, 0.25) is 0 Å². The van der Waals surface area contributed by atoms with E-state index in [9.17, 15) is 9.59 Å². The Morgan fingerprint density at radius 2 is 1.79 bits per heavy atom. The second-order valence-electron chi connectivity index (χ2n) is 6.40. The van der Waals surface area contributed by atoms with Crippen LogP contribution in [-0.4, -0.2) is 16.0 Å². The van der Waals surface area contributed by atoms with Crippen LogP contribution < -0.4 is 0 Å². The normalized spacial score (nSPS) is 15.6. The van der Waals surface area contributed by atoms with Gasteiger partial charge >= 0.3 is 0 Å². The summed E-state index contributed by atoms with van der Waals surface area (Å²) in [6, 6.07) is 19.4. The highest BCUT2D eigenvalue weighted by Gasteiger charge is 2.35. The Bertz CT molecular complexity index is 1090. The SMILES string of the molecule is Cc1ccccc1CN1C(=O)S/C(=C\c2ccc(-c3ccc(I)cc3)o2)C1=O. The number of furan rings is 1. The molecule has 1 fully saturated rings. The van der Waals surface area contributed by atoms with Gasteiger partial charge in [-0.15, -0.1) is 0 Å². The molecule has 1 aliphatic heterocycles. The van der Waals surface area contributed by atoms with E-state index in [1.807, 2.05) is 67.6 Å². The van der Waals surface area contributed by atoms with E-state index in [1.165, 1.54) is 4.90 Å². The van der Waals surface area contributed by atoms with Crippen LogP contribution in [0, 0.1) is 10.5 Å². The number of hydrogen-bond acceptors (Lipinski definition) is 4. The lowest BCUT2D eigenvalue weighted by Gasteiger charge is -2.14. The third kappa shape index (κ3) is 3.93. The van der Waals surface area contributed by atoms with Crippen molar-refractivity contribution in [2.45, 2.75) is 13.5 Å². The minimum Gasteiger partial charge on any atom is -0.457 e. The largest absolute Gasteiger partial charge is 0.457 e. The number of thioether (sulfide) groups is 1. The van der Waals surface area contributed by atoms with Gasteiger partial charge in [0.1, 0.15) is 11.5 Å². The zero-order valence-electron chi connectivity index (χ0n) is 15.0. The third-order valence-electron chi connectivity index (χ3n) is 4.49. The number of carbonyl (C=O) groups excluding carboxylic acids is 2. The van der Waals surface area contributed by atoms with Crippen molar-refractivity contribution in [2.75, 3.05) is 0 Å². The Morgan fingerprint density at radius 3 is 2.54 bits per heavy atom. The lowest BCUT2D eigenvalue weighted by Crippen LogP contribution is -2.27. The fraction of sp³-hybridized carbons (Fsp3) is 0.0909. The molecule has 2 aromatic carbocycles. The molecule has 0 spiro atoms. The van der Waals surface area contributed by atoms with E-state index in [4.69, 9.17) is 4.42 Å². The van der Waals surface area contributed by atoms with Crippen LogP contribution in [-0.2, 0) is 11.3 Å². The highest BCUT2D eigenvalue weighted by molar-refractivity contribution is 14.1. The van der Waals surface area contributed by atoms with Crippen LogP contribution in [0.1, 0.15) is 16.9 Å². The molecular formula is C22H16INO3S. The van der Waals surface area contributed by atoms with E-state index in [1.54, 1.807) is 6.08 Å².